The smallest absolute Gasteiger partial charge is 0.320 e. The molecule has 0 aromatic rings. The third-order valence-corrected chi connectivity index (χ3v) is 35.2. The van der Waals surface area contributed by atoms with Crippen molar-refractivity contribution in [3.8, 4) is 0 Å². The summed E-state index contributed by atoms with van der Waals surface area (Å²) >= 11 is 0. The van der Waals surface area contributed by atoms with E-state index in [1.807, 2.05) is 0 Å². The van der Waals surface area contributed by atoms with Crippen molar-refractivity contribution in [2.24, 2.45) is 5.73 Å². The molecule has 12 heavy (non-hydrogen) atoms. The van der Waals surface area contributed by atoms with Gasteiger partial charge in [0.2, 0.25) is 0 Å². The fraction of sp³-hybridized carbons (Fsp3) is 0.750. The summed E-state index contributed by atoms with van der Waals surface area (Å²) in [5, 5.41) is 7.87. The SMILES string of the molecule is C1O[SiH2][SiH2][SiH2][SiH2]1.CC(N)C(=O)O. The summed E-state index contributed by atoms with van der Waals surface area (Å²) in [5.41, 5.74) is 4.84. The molecule has 0 aromatic carbocycles. The highest BCUT2D eigenvalue weighted by Gasteiger charge is 1.99. The second-order valence-electron chi connectivity index (χ2n) is 2.80. The molecular formula is C4H17NO3Si4. The van der Waals surface area contributed by atoms with Crippen molar-refractivity contribution in [2.75, 3.05) is 6.23 Å². The summed E-state index contributed by atoms with van der Waals surface area (Å²) in [6.45, 7) is 1.42. The zero-order valence-electron chi connectivity index (χ0n) is 7.45. The fourth-order valence-corrected chi connectivity index (χ4v) is 33.6. The number of carbonyl (C=O) groups is 1. The quantitative estimate of drug-likeness (QED) is 0.455. The second-order valence-corrected chi connectivity index (χ2v) is 26.5. The lowest BCUT2D eigenvalue weighted by atomic mass is 10.4. The van der Waals surface area contributed by atoms with E-state index in [4.69, 9.17) is 15.3 Å². The van der Waals surface area contributed by atoms with Crippen molar-refractivity contribution in [3.05, 3.63) is 0 Å². The van der Waals surface area contributed by atoms with Crippen LogP contribution in [-0.4, -0.2) is 58.8 Å². The van der Waals surface area contributed by atoms with Crippen molar-refractivity contribution in [2.45, 2.75) is 13.0 Å². The number of carboxylic acid groups (broad SMARTS) is 1. The number of nitrogens with two attached hydrogens (primary N) is 1. The first-order chi connectivity index (χ1) is 5.64. The standard InChI is InChI=1S/C3H7NO2.CH10OSi4/c1-2(4)3(5)6;1-2-4-6-5-3-1/h2H,4H2,1H3,(H,5,6);1,3-6H2. The normalized spacial score (nSPS) is 26.8. The Hall–Kier alpha value is 0.258. The Balaban J connectivity index is 0.000000202. The molecule has 1 atom stereocenters. The van der Waals surface area contributed by atoms with Crippen LogP contribution in [0.2, 0.25) is 0 Å². The Morgan fingerprint density at radius 2 is 2.25 bits per heavy atom. The van der Waals surface area contributed by atoms with Gasteiger partial charge in [0.1, 0.15) is 15.3 Å². The van der Waals surface area contributed by atoms with E-state index in [-0.39, 0.29) is 9.28 Å². The highest BCUT2D eigenvalue weighted by molar-refractivity contribution is 7.44. The van der Waals surface area contributed by atoms with Crippen LogP contribution in [0.1, 0.15) is 6.92 Å². The monoisotopic (exact) mass is 239 g/mol. The van der Waals surface area contributed by atoms with Crippen molar-refractivity contribution in [1.82, 2.24) is 0 Å². The lowest BCUT2D eigenvalue weighted by Crippen LogP contribution is -2.31. The Kier molecular flexibility index (Phi) is 8.05. The van der Waals surface area contributed by atoms with Crippen LogP contribution in [0.4, 0.5) is 0 Å². The van der Waals surface area contributed by atoms with Crippen molar-refractivity contribution >= 4 is 41.4 Å². The molecule has 1 rings (SSSR count). The fourth-order valence-electron chi connectivity index (χ4n) is 0.687. The molecule has 1 saturated heterocycles. The molecule has 0 aromatic heterocycles. The zero-order chi connectivity index (χ0) is 9.40. The molecule has 1 unspecified atom stereocenters. The van der Waals surface area contributed by atoms with Crippen LogP contribution in [0.25, 0.3) is 0 Å². The highest BCUT2D eigenvalue weighted by atomic mass is 29.7. The Bertz CT molecular complexity index is 118. The topological polar surface area (TPSA) is 72.5 Å². The van der Waals surface area contributed by atoms with Gasteiger partial charge in [0.25, 0.3) is 0 Å². The molecule has 1 heterocycles. The maximum Gasteiger partial charge on any atom is 0.320 e. The van der Waals surface area contributed by atoms with Crippen LogP contribution in [0.5, 0.6) is 0 Å². The number of aliphatic carboxylic acids is 1. The van der Waals surface area contributed by atoms with Gasteiger partial charge in [-0.15, -0.1) is 0 Å². The largest absolute Gasteiger partial charge is 0.480 e. The van der Waals surface area contributed by atoms with E-state index in [0.717, 1.165) is 8.55 Å². The minimum absolute atomic E-state index is 0.244. The van der Waals surface area contributed by atoms with Crippen molar-refractivity contribution in [1.29, 1.82) is 0 Å². The Morgan fingerprint density at radius 1 is 1.67 bits per heavy atom. The van der Waals surface area contributed by atoms with E-state index in [1.54, 1.807) is 0 Å². The summed E-state index contributed by atoms with van der Waals surface area (Å²) in [5.74, 6) is -0.963. The third kappa shape index (κ3) is 8.36. The maximum atomic E-state index is 9.57. The van der Waals surface area contributed by atoms with Crippen LogP contribution in [0.3, 0.4) is 0 Å². The molecule has 72 valence electrons. The maximum absolute atomic E-state index is 9.57. The number of hydrogen-bond donors (Lipinski definition) is 2. The van der Waals surface area contributed by atoms with Gasteiger partial charge in [-0.05, 0) is 15.5 Å². The van der Waals surface area contributed by atoms with Crippen LogP contribution >= 0.6 is 0 Å². The molecule has 3 N–H and O–H groups in total. The number of hydrogen-bond acceptors (Lipinski definition) is 3. The Morgan fingerprint density at radius 3 is 2.33 bits per heavy atom. The minimum atomic E-state index is -0.963. The molecule has 1 fully saturated rings. The van der Waals surface area contributed by atoms with E-state index in [2.05, 4.69) is 0 Å². The van der Waals surface area contributed by atoms with E-state index in [0.29, 0.717) is 17.6 Å². The van der Waals surface area contributed by atoms with E-state index in [9.17, 15) is 4.79 Å². The zero-order valence-corrected chi connectivity index (χ0v) is 13.1. The van der Waals surface area contributed by atoms with Crippen LogP contribution in [0.15, 0.2) is 0 Å². The van der Waals surface area contributed by atoms with Gasteiger partial charge in [-0.25, -0.2) is 0 Å². The lowest BCUT2D eigenvalue weighted by Gasteiger charge is -2.05. The van der Waals surface area contributed by atoms with Gasteiger partial charge in [-0.3, -0.25) is 4.79 Å². The van der Waals surface area contributed by atoms with Crippen molar-refractivity contribution in [3.63, 3.8) is 0 Å². The summed E-state index contributed by atoms with van der Waals surface area (Å²) in [7, 11) is 2.11. The molecule has 0 aliphatic carbocycles. The first kappa shape index (κ1) is 12.3. The minimum Gasteiger partial charge on any atom is -0.480 e. The van der Waals surface area contributed by atoms with Gasteiger partial charge in [-0.1, -0.05) is 0 Å². The molecule has 0 saturated carbocycles. The van der Waals surface area contributed by atoms with Crippen LogP contribution < -0.4 is 5.73 Å². The summed E-state index contributed by atoms with van der Waals surface area (Å²) < 4.78 is 5.37. The van der Waals surface area contributed by atoms with E-state index >= 15 is 0 Å². The molecule has 8 heteroatoms. The molecule has 0 amide bonds. The molecular weight excluding hydrogens is 222 g/mol. The molecule has 0 bridgehead atoms. The van der Waals surface area contributed by atoms with E-state index in [1.165, 1.54) is 13.2 Å². The van der Waals surface area contributed by atoms with Gasteiger partial charge >= 0.3 is 5.97 Å². The van der Waals surface area contributed by atoms with Crippen LogP contribution in [0, 0.1) is 0 Å². The number of rotatable bonds is 1. The van der Waals surface area contributed by atoms with Gasteiger partial charge in [0.15, 0.2) is 0 Å². The molecule has 0 spiro atoms. The summed E-state index contributed by atoms with van der Waals surface area (Å²) in [6, 6.07) is -0.731. The number of carboxylic acids is 1. The summed E-state index contributed by atoms with van der Waals surface area (Å²) in [6.07, 6.45) is 1.30. The highest BCUT2D eigenvalue weighted by Crippen LogP contribution is 1.72. The molecule has 1 aliphatic rings. The average molecular weight is 240 g/mol. The Labute approximate surface area is 81.0 Å². The first-order valence-electron chi connectivity index (χ1n) is 4.20. The summed E-state index contributed by atoms with van der Waals surface area (Å²) in [4.78, 5) is 9.57. The van der Waals surface area contributed by atoms with E-state index < -0.39 is 12.0 Å². The molecule has 1 aliphatic heterocycles. The second kappa shape index (κ2) is 7.88. The third-order valence-electron chi connectivity index (χ3n) is 1.47. The molecule has 4 nitrogen and oxygen atoms in total. The van der Waals surface area contributed by atoms with Gasteiger partial charge in [0, 0.05) is 23.8 Å². The average Bonchev–Trinajstić information content (AvgIpc) is 2.08. The van der Waals surface area contributed by atoms with Gasteiger partial charge in [-0.2, -0.15) is 0 Å². The predicted molar refractivity (Wildman–Crippen MR) is 61.4 cm³/mol. The van der Waals surface area contributed by atoms with Crippen LogP contribution in [-0.2, 0) is 9.22 Å². The van der Waals surface area contributed by atoms with Gasteiger partial charge < -0.3 is 15.3 Å². The van der Waals surface area contributed by atoms with Crippen molar-refractivity contribution < 1.29 is 14.3 Å². The van der Waals surface area contributed by atoms with Gasteiger partial charge in [0.05, 0.1) is 0 Å². The lowest BCUT2D eigenvalue weighted by molar-refractivity contribution is -0.138. The molecule has 0 radical (unpaired) electrons. The predicted octanol–water partition coefficient (Wildman–Crippen LogP) is -4.27. The first-order valence-corrected chi connectivity index (χ1v) is 17.8.